The Bertz CT molecular complexity index is 1350. The molecule has 176 valence electrons. The first kappa shape index (κ1) is 22.9. The number of aliphatic carboxylic acids is 1. The molecule has 34 heavy (non-hydrogen) atoms. The second-order valence-corrected chi connectivity index (χ2v) is 10.1. The van der Waals surface area contributed by atoms with Crippen LogP contribution >= 0.6 is 22.9 Å². The Morgan fingerprint density at radius 2 is 1.97 bits per heavy atom. The Balaban J connectivity index is 1.48. The number of aromatic nitrogens is 2. The van der Waals surface area contributed by atoms with E-state index in [-0.39, 0.29) is 11.8 Å². The first-order chi connectivity index (χ1) is 16.5. The van der Waals surface area contributed by atoms with E-state index in [9.17, 15) is 9.90 Å². The second kappa shape index (κ2) is 9.76. The van der Waals surface area contributed by atoms with Crippen LogP contribution in [0.2, 0.25) is 5.02 Å². The molecule has 1 aliphatic rings. The van der Waals surface area contributed by atoms with Gasteiger partial charge in [-0.3, -0.25) is 4.79 Å². The molecule has 0 aliphatic heterocycles. The number of hydrogen-bond donors (Lipinski definition) is 2. The highest BCUT2D eigenvalue weighted by molar-refractivity contribution is 7.25. The molecule has 6 nitrogen and oxygen atoms in total. The average molecular weight is 496 g/mol. The Labute approximate surface area is 206 Å². The maximum Gasteiger partial charge on any atom is 0.306 e. The van der Waals surface area contributed by atoms with Gasteiger partial charge < -0.3 is 15.2 Å². The van der Waals surface area contributed by atoms with E-state index in [0.29, 0.717) is 36.8 Å². The number of rotatable bonds is 7. The van der Waals surface area contributed by atoms with Crippen LogP contribution in [0.4, 0.5) is 5.82 Å². The molecule has 0 amide bonds. The fraction of sp³-hybridized carbons (Fsp3) is 0.346. The molecule has 2 N–H and O–H groups in total. The van der Waals surface area contributed by atoms with Crippen LogP contribution in [-0.2, 0) is 11.3 Å². The Kier molecular flexibility index (Phi) is 6.57. The first-order valence-corrected chi connectivity index (χ1v) is 12.8. The molecule has 1 aliphatic carbocycles. The number of ether oxygens (including phenoxy) is 1. The lowest BCUT2D eigenvalue weighted by Gasteiger charge is -2.25. The van der Waals surface area contributed by atoms with Gasteiger partial charge >= 0.3 is 5.97 Å². The Morgan fingerprint density at radius 1 is 1.18 bits per heavy atom. The fourth-order valence-electron chi connectivity index (χ4n) is 4.66. The number of anilines is 1. The predicted molar refractivity (Wildman–Crippen MR) is 137 cm³/mol. The normalized spacial score (nSPS) is 18.3. The van der Waals surface area contributed by atoms with Gasteiger partial charge in [-0.2, -0.15) is 0 Å². The van der Waals surface area contributed by atoms with Gasteiger partial charge in [-0.05, 0) is 56.4 Å². The zero-order valence-corrected chi connectivity index (χ0v) is 20.5. The fourth-order valence-corrected chi connectivity index (χ4v) is 6.00. The maximum atomic E-state index is 11.4. The third kappa shape index (κ3) is 4.55. The molecule has 2 aromatic heterocycles. The van der Waals surface area contributed by atoms with Gasteiger partial charge in [-0.15, -0.1) is 11.3 Å². The van der Waals surface area contributed by atoms with Crippen molar-refractivity contribution in [3.8, 4) is 5.75 Å². The van der Waals surface area contributed by atoms with Crippen LogP contribution < -0.4 is 10.1 Å². The molecule has 0 atom stereocenters. The largest absolute Gasteiger partial charge is 0.492 e. The smallest absolute Gasteiger partial charge is 0.306 e. The molecule has 0 saturated heterocycles. The minimum Gasteiger partial charge on any atom is -0.492 e. The van der Waals surface area contributed by atoms with E-state index in [1.807, 2.05) is 37.3 Å². The summed E-state index contributed by atoms with van der Waals surface area (Å²) >= 11 is 8.06. The number of halogens is 1. The number of carboxylic acid groups (broad SMARTS) is 1. The average Bonchev–Trinajstić information content (AvgIpc) is 3.23. The number of carboxylic acids is 1. The van der Waals surface area contributed by atoms with Gasteiger partial charge in [0.25, 0.3) is 0 Å². The molecule has 0 unspecified atom stereocenters. The third-order valence-electron chi connectivity index (χ3n) is 6.45. The highest BCUT2D eigenvalue weighted by Crippen LogP contribution is 2.40. The summed E-state index contributed by atoms with van der Waals surface area (Å²) in [6, 6.07) is 14.1. The highest BCUT2D eigenvalue weighted by Gasteiger charge is 2.29. The van der Waals surface area contributed by atoms with Gasteiger partial charge in [0, 0.05) is 22.5 Å². The van der Waals surface area contributed by atoms with Crippen LogP contribution in [0.15, 0.2) is 42.5 Å². The summed E-state index contributed by atoms with van der Waals surface area (Å²) in [4.78, 5) is 22.3. The summed E-state index contributed by atoms with van der Waals surface area (Å²) in [7, 11) is 0. The van der Waals surface area contributed by atoms with Gasteiger partial charge in [0.2, 0.25) is 0 Å². The van der Waals surface area contributed by atoms with Gasteiger partial charge in [0.15, 0.2) is 0 Å². The Hall–Kier alpha value is -2.90. The van der Waals surface area contributed by atoms with Crippen LogP contribution in [-0.4, -0.2) is 27.7 Å². The van der Waals surface area contributed by atoms with Gasteiger partial charge in [0.1, 0.15) is 22.2 Å². The van der Waals surface area contributed by atoms with Crippen LogP contribution in [0.25, 0.3) is 20.3 Å². The molecular formula is C26H26ClN3O3S. The molecular weight excluding hydrogens is 470 g/mol. The van der Waals surface area contributed by atoms with Crippen LogP contribution in [0, 0.1) is 5.92 Å². The SMILES string of the molecule is CCOc1ccc(CNc2nc(C3CCC(C(=O)O)CC3)nc3sc4ccccc4c23)cc1Cl. The van der Waals surface area contributed by atoms with Crippen molar-refractivity contribution in [2.24, 2.45) is 5.92 Å². The summed E-state index contributed by atoms with van der Waals surface area (Å²) < 4.78 is 6.72. The van der Waals surface area contributed by atoms with E-state index in [2.05, 4.69) is 17.4 Å². The summed E-state index contributed by atoms with van der Waals surface area (Å²) in [5.74, 6) is 1.51. The molecule has 5 rings (SSSR count). The summed E-state index contributed by atoms with van der Waals surface area (Å²) in [6.45, 7) is 3.06. The van der Waals surface area contributed by atoms with Gasteiger partial charge in [-0.25, -0.2) is 9.97 Å². The lowest BCUT2D eigenvalue weighted by molar-refractivity contribution is -0.142. The number of hydrogen-bond acceptors (Lipinski definition) is 6. The zero-order chi connectivity index (χ0) is 23.7. The molecule has 2 heterocycles. The van der Waals surface area contributed by atoms with Crippen molar-refractivity contribution >= 4 is 55.0 Å². The minimum absolute atomic E-state index is 0.172. The Morgan fingerprint density at radius 3 is 2.71 bits per heavy atom. The van der Waals surface area contributed by atoms with E-state index >= 15 is 0 Å². The maximum absolute atomic E-state index is 11.4. The standard InChI is InChI=1S/C26H26ClN3O3S/c1-2-33-20-12-7-15(13-19(20)27)14-28-24-22-18-5-3-4-6-21(18)34-25(22)30-23(29-24)16-8-10-17(11-9-16)26(31)32/h3-7,12-13,16-17H,2,8-11,14H2,1H3,(H,31,32)(H,28,29,30). The van der Waals surface area contributed by atoms with E-state index in [0.717, 1.165) is 45.7 Å². The molecule has 2 aromatic carbocycles. The molecule has 1 fully saturated rings. The summed E-state index contributed by atoms with van der Waals surface area (Å²) in [6.07, 6.45) is 2.92. The van der Waals surface area contributed by atoms with E-state index in [1.54, 1.807) is 11.3 Å². The molecule has 0 bridgehead atoms. The number of benzene rings is 2. The van der Waals surface area contributed by atoms with Crippen LogP contribution in [0.5, 0.6) is 5.75 Å². The quantitative estimate of drug-likeness (QED) is 0.291. The number of carbonyl (C=O) groups is 1. The van der Waals surface area contributed by atoms with Crippen molar-refractivity contribution in [1.82, 2.24) is 9.97 Å². The van der Waals surface area contributed by atoms with Crippen molar-refractivity contribution < 1.29 is 14.6 Å². The van der Waals surface area contributed by atoms with Crippen molar-refractivity contribution in [1.29, 1.82) is 0 Å². The van der Waals surface area contributed by atoms with E-state index in [4.69, 9.17) is 26.3 Å². The van der Waals surface area contributed by atoms with Gasteiger partial charge in [0.05, 0.1) is 22.9 Å². The van der Waals surface area contributed by atoms with Crippen molar-refractivity contribution in [3.63, 3.8) is 0 Å². The van der Waals surface area contributed by atoms with E-state index in [1.165, 1.54) is 4.70 Å². The molecule has 0 radical (unpaired) electrons. The minimum atomic E-state index is -0.698. The summed E-state index contributed by atoms with van der Waals surface area (Å²) in [5, 5.41) is 15.6. The number of nitrogens with zero attached hydrogens (tertiary/aromatic N) is 2. The monoisotopic (exact) mass is 495 g/mol. The van der Waals surface area contributed by atoms with Crippen molar-refractivity contribution in [3.05, 3.63) is 58.9 Å². The van der Waals surface area contributed by atoms with Crippen molar-refractivity contribution in [2.45, 2.75) is 45.1 Å². The summed E-state index contributed by atoms with van der Waals surface area (Å²) in [5.41, 5.74) is 1.03. The second-order valence-electron chi connectivity index (χ2n) is 8.65. The molecule has 8 heteroatoms. The zero-order valence-electron chi connectivity index (χ0n) is 18.9. The lowest BCUT2D eigenvalue weighted by atomic mass is 9.81. The first-order valence-electron chi connectivity index (χ1n) is 11.6. The molecule has 0 spiro atoms. The highest BCUT2D eigenvalue weighted by atomic mass is 35.5. The third-order valence-corrected chi connectivity index (χ3v) is 7.81. The van der Waals surface area contributed by atoms with Crippen LogP contribution in [0.3, 0.4) is 0 Å². The number of fused-ring (bicyclic) bond motifs is 3. The van der Waals surface area contributed by atoms with E-state index < -0.39 is 5.97 Å². The molecule has 1 saturated carbocycles. The molecule has 4 aromatic rings. The van der Waals surface area contributed by atoms with Crippen LogP contribution in [0.1, 0.15) is 49.9 Å². The number of thiophene rings is 1. The topological polar surface area (TPSA) is 84.3 Å². The lowest BCUT2D eigenvalue weighted by Crippen LogP contribution is -2.21. The number of nitrogens with one attached hydrogen (secondary N) is 1. The van der Waals surface area contributed by atoms with Gasteiger partial charge in [-0.1, -0.05) is 35.9 Å². The van der Waals surface area contributed by atoms with Crippen molar-refractivity contribution in [2.75, 3.05) is 11.9 Å². The predicted octanol–water partition coefficient (Wildman–Crippen LogP) is 6.87.